The molecule has 176 valence electrons. The lowest BCUT2D eigenvalue weighted by atomic mass is 9.77. The summed E-state index contributed by atoms with van der Waals surface area (Å²) in [6.07, 6.45) is 4.37. The number of piperidine rings is 1. The molecule has 1 saturated carbocycles. The predicted octanol–water partition coefficient (Wildman–Crippen LogP) is 4.46. The van der Waals surface area contributed by atoms with Gasteiger partial charge in [0.2, 0.25) is 0 Å². The van der Waals surface area contributed by atoms with Crippen LogP contribution in [0.5, 0.6) is 11.5 Å². The Morgan fingerprint density at radius 1 is 1.09 bits per heavy atom. The Balaban J connectivity index is 1.49. The van der Waals surface area contributed by atoms with Crippen LogP contribution in [0.1, 0.15) is 42.5 Å². The Morgan fingerprint density at radius 2 is 1.82 bits per heavy atom. The monoisotopic (exact) mass is 490 g/mol. The fourth-order valence-corrected chi connectivity index (χ4v) is 6.57. The average molecular weight is 491 g/mol. The molecule has 1 aliphatic carbocycles. The summed E-state index contributed by atoms with van der Waals surface area (Å²) in [5, 5.41) is 13.1. The van der Waals surface area contributed by atoms with Gasteiger partial charge in [-0.15, -0.1) is 11.8 Å². The highest BCUT2D eigenvalue weighted by molar-refractivity contribution is 8.01. The maximum Gasteiger partial charge on any atom is 0.343 e. The van der Waals surface area contributed by atoms with Crippen molar-refractivity contribution in [1.82, 2.24) is 10.8 Å². The molecule has 7 nitrogen and oxygen atoms in total. The fourth-order valence-electron chi connectivity index (χ4n) is 4.80. The third kappa shape index (κ3) is 5.14. The first kappa shape index (κ1) is 23.9. The molecule has 2 aliphatic rings. The van der Waals surface area contributed by atoms with E-state index in [1.54, 1.807) is 49.6 Å². The van der Waals surface area contributed by atoms with Crippen molar-refractivity contribution in [2.24, 2.45) is 5.41 Å². The number of ether oxygens (including phenoxy) is 2. The summed E-state index contributed by atoms with van der Waals surface area (Å²) < 4.78 is 9.80. The Kier molecular flexibility index (Phi) is 7.19. The van der Waals surface area contributed by atoms with E-state index in [-0.39, 0.29) is 22.1 Å². The van der Waals surface area contributed by atoms with Crippen molar-refractivity contribution in [2.75, 3.05) is 20.2 Å². The number of hydrogen-bond donors (Lipinski definition) is 3. The van der Waals surface area contributed by atoms with Gasteiger partial charge in [-0.05, 0) is 93.1 Å². The highest BCUT2D eigenvalue weighted by Crippen LogP contribution is 2.57. The SMILES string of the molecule is COc1ccc(C(=O)Oc2ccc(SC3(C(=O)NO)CCC4(CCNCC4)C3)cc2Cl)cc1. The molecule has 3 N–H and O–H groups in total. The smallest absolute Gasteiger partial charge is 0.343 e. The number of rotatable bonds is 6. The maximum absolute atomic E-state index is 12.8. The first-order valence-electron chi connectivity index (χ1n) is 10.9. The Morgan fingerprint density at radius 3 is 2.45 bits per heavy atom. The van der Waals surface area contributed by atoms with Crippen LogP contribution in [0.3, 0.4) is 0 Å². The molecule has 2 aromatic rings. The normalized spacial score (nSPS) is 21.5. The van der Waals surface area contributed by atoms with Crippen molar-refractivity contribution < 1.29 is 24.3 Å². The molecule has 2 fully saturated rings. The second kappa shape index (κ2) is 9.93. The standard InChI is InChI=1S/C24H27ClN2O5S/c1-31-17-4-2-16(3-5-17)21(28)32-20-7-6-18(14-19(20)25)33-24(22(29)27-30)9-8-23(15-24)10-12-26-13-11-23/h2-7,14,26,30H,8-13,15H2,1H3,(H,27,29). The number of halogens is 1. The van der Waals surface area contributed by atoms with E-state index in [2.05, 4.69) is 5.32 Å². The number of thioether (sulfide) groups is 1. The van der Waals surface area contributed by atoms with Gasteiger partial charge in [-0.25, -0.2) is 10.3 Å². The van der Waals surface area contributed by atoms with Crippen LogP contribution < -0.4 is 20.3 Å². The van der Waals surface area contributed by atoms with E-state index in [4.69, 9.17) is 21.1 Å². The van der Waals surface area contributed by atoms with Crippen molar-refractivity contribution in [3.63, 3.8) is 0 Å². The van der Waals surface area contributed by atoms with Crippen molar-refractivity contribution in [3.8, 4) is 11.5 Å². The molecule has 0 bridgehead atoms. The largest absolute Gasteiger partial charge is 0.497 e. The number of methoxy groups -OCH3 is 1. The summed E-state index contributed by atoms with van der Waals surface area (Å²) in [6, 6.07) is 11.7. The molecule has 1 aliphatic heterocycles. The van der Waals surface area contributed by atoms with Crippen LogP contribution in [-0.2, 0) is 4.79 Å². The number of carbonyl (C=O) groups excluding carboxylic acids is 2. The fraction of sp³-hybridized carbons (Fsp3) is 0.417. The van der Waals surface area contributed by atoms with Crippen LogP contribution in [0.25, 0.3) is 0 Å². The van der Waals surface area contributed by atoms with Gasteiger partial charge in [-0.2, -0.15) is 0 Å². The Labute approximate surface area is 202 Å². The van der Waals surface area contributed by atoms with E-state index in [0.29, 0.717) is 24.2 Å². The molecule has 1 amide bonds. The number of nitrogens with one attached hydrogen (secondary N) is 2. The lowest BCUT2D eigenvalue weighted by Crippen LogP contribution is -2.43. The minimum atomic E-state index is -0.767. The minimum absolute atomic E-state index is 0.113. The van der Waals surface area contributed by atoms with Gasteiger partial charge >= 0.3 is 5.97 Å². The van der Waals surface area contributed by atoms with E-state index in [9.17, 15) is 14.8 Å². The van der Waals surface area contributed by atoms with Crippen LogP contribution in [0.15, 0.2) is 47.4 Å². The van der Waals surface area contributed by atoms with E-state index in [1.165, 1.54) is 11.8 Å². The van der Waals surface area contributed by atoms with Crippen molar-refractivity contribution in [1.29, 1.82) is 0 Å². The second-order valence-electron chi connectivity index (χ2n) is 8.67. The molecule has 9 heteroatoms. The summed E-state index contributed by atoms with van der Waals surface area (Å²) >= 11 is 7.84. The van der Waals surface area contributed by atoms with Crippen LogP contribution >= 0.6 is 23.4 Å². The van der Waals surface area contributed by atoms with Crippen LogP contribution in [0, 0.1) is 5.41 Å². The van der Waals surface area contributed by atoms with E-state index < -0.39 is 10.7 Å². The van der Waals surface area contributed by atoms with Crippen molar-refractivity contribution in [3.05, 3.63) is 53.1 Å². The van der Waals surface area contributed by atoms with Gasteiger partial charge in [0, 0.05) is 4.90 Å². The third-order valence-electron chi connectivity index (χ3n) is 6.64. The number of hydroxylamine groups is 1. The van der Waals surface area contributed by atoms with Gasteiger partial charge < -0.3 is 14.8 Å². The van der Waals surface area contributed by atoms with E-state index in [0.717, 1.165) is 37.2 Å². The maximum atomic E-state index is 12.8. The Hall–Kier alpha value is -2.26. The van der Waals surface area contributed by atoms with Crippen LogP contribution in [0.2, 0.25) is 5.02 Å². The number of hydrogen-bond acceptors (Lipinski definition) is 7. The molecule has 1 spiro atoms. The van der Waals surface area contributed by atoms with Gasteiger partial charge in [0.25, 0.3) is 5.91 Å². The minimum Gasteiger partial charge on any atom is -0.497 e. The lowest BCUT2D eigenvalue weighted by molar-refractivity contribution is -0.131. The van der Waals surface area contributed by atoms with E-state index >= 15 is 0 Å². The highest BCUT2D eigenvalue weighted by atomic mass is 35.5. The zero-order chi connectivity index (χ0) is 23.5. The van der Waals surface area contributed by atoms with Crippen molar-refractivity contribution >= 4 is 35.2 Å². The summed E-state index contributed by atoms with van der Waals surface area (Å²) in [6.45, 7) is 1.89. The van der Waals surface area contributed by atoms with Crippen LogP contribution in [0.4, 0.5) is 0 Å². The quantitative estimate of drug-likeness (QED) is 0.238. The number of benzene rings is 2. The molecule has 33 heavy (non-hydrogen) atoms. The summed E-state index contributed by atoms with van der Waals surface area (Å²) in [5.74, 6) is -0.0255. The summed E-state index contributed by atoms with van der Waals surface area (Å²) in [4.78, 5) is 26.0. The van der Waals surface area contributed by atoms with Gasteiger partial charge in [0.1, 0.15) is 16.2 Å². The molecule has 4 rings (SSSR count). The summed E-state index contributed by atoms with van der Waals surface area (Å²) in [7, 11) is 1.55. The molecular weight excluding hydrogens is 464 g/mol. The topological polar surface area (TPSA) is 96.9 Å². The molecule has 1 atom stereocenters. The number of esters is 1. The zero-order valence-corrected chi connectivity index (χ0v) is 19.9. The number of amides is 1. The second-order valence-corrected chi connectivity index (χ2v) is 10.5. The van der Waals surface area contributed by atoms with Gasteiger partial charge in [-0.3, -0.25) is 10.0 Å². The molecular formula is C24H27ClN2O5S. The molecule has 0 aromatic heterocycles. The average Bonchev–Trinajstić information content (AvgIpc) is 3.19. The first-order chi connectivity index (χ1) is 15.9. The van der Waals surface area contributed by atoms with Gasteiger partial charge in [-0.1, -0.05) is 11.6 Å². The van der Waals surface area contributed by atoms with E-state index in [1.807, 2.05) is 5.48 Å². The lowest BCUT2D eigenvalue weighted by Gasteiger charge is -2.36. The molecule has 1 unspecified atom stereocenters. The predicted molar refractivity (Wildman–Crippen MR) is 126 cm³/mol. The van der Waals surface area contributed by atoms with Gasteiger partial charge in [0.05, 0.1) is 17.7 Å². The zero-order valence-electron chi connectivity index (χ0n) is 18.4. The highest BCUT2D eigenvalue weighted by Gasteiger charge is 2.53. The number of carbonyl (C=O) groups is 2. The summed E-state index contributed by atoms with van der Waals surface area (Å²) in [5.41, 5.74) is 2.37. The molecule has 0 radical (unpaired) electrons. The van der Waals surface area contributed by atoms with Gasteiger partial charge in [0.15, 0.2) is 0 Å². The third-order valence-corrected chi connectivity index (χ3v) is 8.35. The molecule has 1 saturated heterocycles. The molecule has 1 heterocycles. The Bertz CT molecular complexity index is 1030. The van der Waals surface area contributed by atoms with Crippen molar-refractivity contribution in [2.45, 2.75) is 41.7 Å². The first-order valence-corrected chi connectivity index (χ1v) is 12.1. The van der Waals surface area contributed by atoms with Crippen LogP contribution in [-0.4, -0.2) is 42.0 Å². The molecule has 2 aromatic carbocycles.